The zero-order valence-electron chi connectivity index (χ0n) is 15.5. The Balaban J connectivity index is 1.70. The van der Waals surface area contributed by atoms with Crippen LogP contribution in [0.25, 0.3) is 0 Å². The lowest BCUT2D eigenvalue weighted by molar-refractivity contribution is -0.115. The molecule has 0 radical (unpaired) electrons. The number of carbonyl (C=O) groups is 1. The zero-order chi connectivity index (χ0) is 18.6. The number of hydrogen-bond acceptors (Lipinski definition) is 2. The van der Waals surface area contributed by atoms with Gasteiger partial charge in [0.15, 0.2) is 0 Å². The summed E-state index contributed by atoms with van der Waals surface area (Å²) in [7, 11) is 0. The maximum absolute atomic E-state index is 13.6. The average Bonchev–Trinajstić information content (AvgIpc) is 2.64. The summed E-state index contributed by atoms with van der Waals surface area (Å²) in [6.07, 6.45) is 7.42. The number of benzene rings is 2. The van der Waals surface area contributed by atoms with Crippen molar-refractivity contribution < 1.29 is 13.9 Å². The Morgan fingerprint density at radius 2 is 1.65 bits per heavy atom. The second-order valence-corrected chi connectivity index (χ2v) is 6.46. The first-order valence-corrected chi connectivity index (χ1v) is 9.45. The molecule has 0 bridgehead atoms. The summed E-state index contributed by atoms with van der Waals surface area (Å²) >= 11 is 0. The third-order valence-corrected chi connectivity index (χ3v) is 4.21. The van der Waals surface area contributed by atoms with Crippen molar-refractivity contribution >= 4 is 11.6 Å². The molecule has 0 atom stereocenters. The first kappa shape index (κ1) is 20.0. The van der Waals surface area contributed by atoms with E-state index in [0.29, 0.717) is 17.9 Å². The molecule has 2 rings (SSSR count). The standard InChI is InChI=1S/C22H28FNO2/c1-2-3-4-5-6-9-16-26-20-14-12-19(13-15-20)24-22(25)17-18-10-7-8-11-21(18)23/h7-8,10-15H,2-6,9,16-17H2,1H3,(H,24,25). The SMILES string of the molecule is CCCCCCCCOc1ccc(NC(=O)Cc2ccccc2F)cc1. The Hall–Kier alpha value is -2.36. The van der Waals surface area contributed by atoms with E-state index >= 15 is 0 Å². The minimum Gasteiger partial charge on any atom is -0.494 e. The van der Waals surface area contributed by atoms with E-state index < -0.39 is 0 Å². The van der Waals surface area contributed by atoms with Gasteiger partial charge >= 0.3 is 0 Å². The van der Waals surface area contributed by atoms with Gasteiger partial charge in [-0.25, -0.2) is 4.39 Å². The Bertz CT molecular complexity index is 670. The maximum atomic E-state index is 13.6. The molecule has 0 aromatic heterocycles. The summed E-state index contributed by atoms with van der Waals surface area (Å²) in [6, 6.07) is 13.6. The van der Waals surface area contributed by atoms with Crippen molar-refractivity contribution in [3.8, 4) is 5.75 Å². The van der Waals surface area contributed by atoms with Gasteiger partial charge in [-0.15, -0.1) is 0 Å². The second kappa shape index (κ2) is 11.3. The molecule has 1 amide bonds. The molecule has 0 heterocycles. The molecule has 26 heavy (non-hydrogen) atoms. The topological polar surface area (TPSA) is 38.3 Å². The number of rotatable bonds is 11. The van der Waals surface area contributed by atoms with Crippen molar-refractivity contribution in [1.29, 1.82) is 0 Å². The Labute approximate surface area is 155 Å². The molecule has 3 nitrogen and oxygen atoms in total. The number of carbonyl (C=O) groups excluding carboxylic acids is 1. The van der Waals surface area contributed by atoms with Crippen LogP contribution in [0.15, 0.2) is 48.5 Å². The first-order chi connectivity index (χ1) is 12.7. The highest BCUT2D eigenvalue weighted by Crippen LogP contribution is 2.17. The first-order valence-electron chi connectivity index (χ1n) is 9.45. The molecular weight excluding hydrogens is 329 g/mol. The van der Waals surface area contributed by atoms with Crippen LogP contribution in [-0.4, -0.2) is 12.5 Å². The van der Waals surface area contributed by atoms with E-state index in [0.717, 1.165) is 12.2 Å². The van der Waals surface area contributed by atoms with Crippen molar-refractivity contribution in [2.24, 2.45) is 0 Å². The number of ether oxygens (including phenoxy) is 1. The maximum Gasteiger partial charge on any atom is 0.228 e. The number of amides is 1. The van der Waals surface area contributed by atoms with Gasteiger partial charge in [-0.1, -0.05) is 57.2 Å². The van der Waals surface area contributed by atoms with Crippen LogP contribution in [0.3, 0.4) is 0 Å². The molecular formula is C22H28FNO2. The van der Waals surface area contributed by atoms with Crippen LogP contribution < -0.4 is 10.1 Å². The fourth-order valence-electron chi connectivity index (χ4n) is 2.73. The van der Waals surface area contributed by atoms with E-state index in [9.17, 15) is 9.18 Å². The van der Waals surface area contributed by atoms with Gasteiger partial charge in [-0.05, 0) is 42.3 Å². The molecule has 0 aliphatic heterocycles. The van der Waals surface area contributed by atoms with Gasteiger partial charge in [-0.3, -0.25) is 4.79 Å². The normalized spacial score (nSPS) is 10.5. The molecule has 4 heteroatoms. The zero-order valence-corrected chi connectivity index (χ0v) is 15.5. The highest BCUT2D eigenvalue weighted by molar-refractivity contribution is 5.92. The summed E-state index contributed by atoms with van der Waals surface area (Å²) in [5.41, 5.74) is 1.07. The lowest BCUT2D eigenvalue weighted by atomic mass is 10.1. The van der Waals surface area contributed by atoms with E-state index in [1.807, 2.05) is 12.1 Å². The van der Waals surface area contributed by atoms with Crippen LogP contribution in [0.1, 0.15) is 51.0 Å². The Morgan fingerprint density at radius 3 is 2.38 bits per heavy atom. The number of anilines is 1. The van der Waals surface area contributed by atoms with Gasteiger partial charge in [0.05, 0.1) is 13.0 Å². The summed E-state index contributed by atoms with van der Waals surface area (Å²) in [6.45, 7) is 2.93. The molecule has 2 aromatic carbocycles. The van der Waals surface area contributed by atoms with Crippen molar-refractivity contribution in [2.75, 3.05) is 11.9 Å². The Morgan fingerprint density at radius 1 is 0.962 bits per heavy atom. The minimum absolute atomic E-state index is 0.0168. The average molecular weight is 357 g/mol. The van der Waals surface area contributed by atoms with Crippen LogP contribution in [-0.2, 0) is 11.2 Å². The molecule has 0 fully saturated rings. The fourth-order valence-corrected chi connectivity index (χ4v) is 2.73. The van der Waals surface area contributed by atoms with Crippen LogP contribution in [0.2, 0.25) is 0 Å². The molecule has 0 unspecified atom stereocenters. The number of nitrogens with one attached hydrogen (secondary N) is 1. The third-order valence-electron chi connectivity index (χ3n) is 4.21. The van der Waals surface area contributed by atoms with Gasteiger partial charge in [0.2, 0.25) is 5.91 Å². The van der Waals surface area contributed by atoms with Crippen LogP contribution >= 0.6 is 0 Å². The van der Waals surface area contributed by atoms with E-state index in [1.165, 1.54) is 38.2 Å². The molecule has 0 spiro atoms. The smallest absolute Gasteiger partial charge is 0.228 e. The van der Waals surface area contributed by atoms with Crippen molar-refractivity contribution in [3.63, 3.8) is 0 Å². The van der Waals surface area contributed by atoms with Gasteiger partial charge < -0.3 is 10.1 Å². The summed E-state index contributed by atoms with van der Waals surface area (Å²) in [4.78, 5) is 12.0. The van der Waals surface area contributed by atoms with Crippen molar-refractivity contribution in [2.45, 2.75) is 51.9 Å². The van der Waals surface area contributed by atoms with E-state index in [-0.39, 0.29) is 18.1 Å². The van der Waals surface area contributed by atoms with Gasteiger partial charge in [0.1, 0.15) is 11.6 Å². The molecule has 2 aromatic rings. The summed E-state index contributed by atoms with van der Waals surface area (Å²) < 4.78 is 19.3. The van der Waals surface area contributed by atoms with Crippen molar-refractivity contribution in [1.82, 2.24) is 0 Å². The molecule has 0 saturated heterocycles. The third kappa shape index (κ3) is 7.26. The van der Waals surface area contributed by atoms with Gasteiger partial charge in [0, 0.05) is 5.69 Å². The quantitative estimate of drug-likeness (QED) is 0.520. The lowest BCUT2D eigenvalue weighted by Crippen LogP contribution is -2.15. The largest absolute Gasteiger partial charge is 0.494 e. The van der Waals surface area contributed by atoms with E-state index in [2.05, 4.69) is 12.2 Å². The van der Waals surface area contributed by atoms with Gasteiger partial charge in [0.25, 0.3) is 0 Å². The highest BCUT2D eigenvalue weighted by atomic mass is 19.1. The van der Waals surface area contributed by atoms with Crippen LogP contribution in [0.4, 0.5) is 10.1 Å². The fraction of sp³-hybridized carbons (Fsp3) is 0.409. The van der Waals surface area contributed by atoms with Gasteiger partial charge in [-0.2, -0.15) is 0 Å². The molecule has 0 aliphatic rings. The monoisotopic (exact) mass is 357 g/mol. The molecule has 0 saturated carbocycles. The minimum atomic E-state index is -0.360. The predicted octanol–water partition coefficient (Wildman–Crippen LogP) is 5.75. The summed E-state index contributed by atoms with van der Waals surface area (Å²) in [5.74, 6) is 0.197. The Kier molecular flexibility index (Phi) is 8.67. The predicted molar refractivity (Wildman–Crippen MR) is 104 cm³/mol. The van der Waals surface area contributed by atoms with Crippen LogP contribution in [0.5, 0.6) is 5.75 Å². The highest BCUT2D eigenvalue weighted by Gasteiger charge is 2.08. The lowest BCUT2D eigenvalue weighted by Gasteiger charge is -2.09. The van der Waals surface area contributed by atoms with Crippen molar-refractivity contribution in [3.05, 3.63) is 59.9 Å². The number of unbranched alkanes of at least 4 members (excludes halogenated alkanes) is 5. The van der Waals surface area contributed by atoms with E-state index in [1.54, 1.807) is 30.3 Å². The van der Waals surface area contributed by atoms with Crippen LogP contribution in [0, 0.1) is 5.82 Å². The molecule has 1 N–H and O–H groups in total. The second-order valence-electron chi connectivity index (χ2n) is 6.46. The summed E-state index contributed by atoms with van der Waals surface area (Å²) in [5, 5.41) is 2.78. The number of hydrogen-bond donors (Lipinski definition) is 1. The molecule has 0 aliphatic carbocycles. The number of halogens is 1. The molecule has 140 valence electrons. The van der Waals surface area contributed by atoms with E-state index in [4.69, 9.17) is 4.74 Å².